The van der Waals surface area contributed by atoms with Crippen LogP contribution in [0.4, 0.5) is 5.69 Å². The zero-order valence-corrected chi connectivity index (χ0v) is 13.2. The summed E-state index contributed by atoms with van der Waals surface area (Å²) in [4.78, 5) is 10.6. The molecule has 0 radical (unpaired) electrons. The minimum Gasteiger partial charge on any atom is -0.493 e. The number of aromatic nitrogens is 2. The van der Waals surface area contributed by atoms with E-state index in [-0.39, 0.29) is 12.3 Å². The molecule has 112 valence electrons. The predicted octanol–water partition coefficient (Wildman–Crippen LogP) is 2.81. The number of methoxy groups -OCH3 is 1. The summed E-state index contributed by atoms with van der Waals surface area (Å²) in [6, 6.07) is 2.98. The molecule has 1 heterocycles. The molecule has 0 aliphatic heterocycles. The van der Waals surface area contributed by atoms with E-state index in [1.807, 2.05) is 6.20 Å². The smallest absolute Gasteiger partial charge is 0.277 e. The Morgan fingerprint density at radius 1 is 1.43 bits per heavy atom. The lowest BCUT2D eigenvalue weighted by atomic mass is 10.2. The quantitative estimate of drug-likeness (QED) is 0.452. The third-order valence-electron chi connectivity index (χ3n) is 2.86. The molecule has 1 aromatic carbocycles. The van der Waals surface area contributed by atoms with Crippen molar-refractivity contribution in [2.45, 2.75) is 11.9 Å². The van der Waals surface area contributed by atoms with Crippen molar-refractivity contribution in [2.75, 3.05) is 7.11 Å². The zero-order chi connectivity index (χ0) is 15.4. The van der Waals surface area contributed by atoms with Gasteiger partial charge in [-0.15, -0.1) is 0 Å². The molecule has 0 saturated carbocycles. The molecule has 1 aromatic heterocycles. The number of halogens is 1. The fourth-order valence-corrected chi connectivity index (χ4v) is 2.30. The van der Waals surface area contributed by atoms with Crippen molar-refractivity contribution < 1.29 is 14.4 Å². The Bertz CT molecular complexity index is 657. The molecule has 0 aliphatic rings. The van der Waals surface area contributed by atoms with Crippen LogP contribution in [0.3, 0.4) is 0 Å². The Hall–Kier alpha value is -2.09. The second-order valence-corrected chi connectivity index (χ2v) is 4.89. The van der Waals surface area contributed by atoms with Gasteiger partial charge < -0.3 is 9.47 Å². The maximum atomic E-state index is 11.1. The van der Waals surface area contributed by atoms with Crippen LogP contribution in [0.2, 0.25) is 0 Å². The fraction of sp³-hybridized carbons (Fsp3) is 0.308. The van der Waals surface area contributed by atoms with Crippen molar-refractivity contribution in [1.29, 1.82) is 0 Å². The van der Waals surface area contributed by atoms with Gasteiger partial charge in [0.25, 0.3) is 5.69 Å². The molecule has 0 N–H and O–H groups in total. The molecule has 2 rings (SSSR count). The van der Waals surface area contributed by atoms with Crippen LogP contribution in [-0.4, -0.2) is 21.8 Å². The Morgan fingerprint density at radius 2 is 2.19 bits per heavy atom. The number of nitrogens with zero attached hydrogens (tertiary/aromatic N) is 3. The lowest BCUT2D eigenvalue weighted by Gasteiger charge is -2.11. The van der Waals surface area contributed by atoms with Gasteiger partial charge in [-0.25, -0.2) is 0 Å². The van der Waals surface area contributed by atoms with Crippen LogP contribution in [0, 0.1) is 10.1 Å². The molecule has 0 aliphatic carbocycles. The van der Waals surface area contributed by atoms with E-state index in [9.17, 15) is 10.1 Å². The van der Waals surface area contributed by atoms with E-state index >= 15 is 0 Å². The third kappa shape index (κ3) is 3.52. The van der Waals surface area contributed by atoms with Gasteiger partial charge in [0.1, 0.15) is 6.61 Å². The van der Waals surface area contributed by atoms with Gasteiger partial charge in [-0.05, 0) is 6.07 Å². The van der Waals surface area contributed by atoms with Crippen molar-refractivity contribution in [3.8, 4) is 11.5 Å². The average Bonchev–Trinajstić information content (AvgIpc) is 2.89. The summed E-state index contributed by atoms with van der Waals surface area (Å²) in [5.41, 5.74) is 1.39. The van der Waals surface area contributed by atoms with E-state index in [1.165, 1.54) is 13.2 Å². The van der Waals surface area contributed by atoms with Crippen molar-refractivity contribution in [2.24, 2.45) is 7.05 Å². The lowest BCUT2D eigenvalue weighted by Crippen LogP contribution is -2.00. The number of aryl methyl sites for hydroxylation is 1. The number of nitro benzene ring substituents is 1. The third-order valence-corrected chi connectivity index (χ3v) is 3.46. The molecule has 0 amide bonds. The number of hydrogen-bond donors (Lipinski definition) is 0. The average molecular weight is 356 g/mol. The monoisotopic (exact) mass is 355 g/mol. The number of alkyl halides is 1. The summed E-state index contributed by atoms with van der Waals surface area (Å²) >= 11 is 3.23. The highest BCUT2D eigenvalue weighted by Gasteiger charge is 2.19. The van der Waals surface area contributed by atoms with Crippen LogP contribution in [-0.2, 0) is 19.0 Å². The second-order valence-electron chi connectivity index (χ2n) is 4.33. The molecule has 7 nitrogen and oxygen atoms in total. The van der Waals surface area contributed by atoms with Crippen LogP contribution < -0.4 is 9.47 Å². The SMILES string of the molecule is COc1cc(CBr)c([N+](=O)[O-])cc1OCc1cnn(C)c1. The van der Waals surface area contributed by atoms with Crippen LogP contribution in [0.1, 0.15) is 11.1 Å². The van der Waals surface area contributed by atoms with Crippen molar-refractivity contribution in [3.63, 3.8) is 0 Å². The van der Waals surface area contributed by atoms with Gasteiger partial charge in [0.2, 0.25) is 0 Å². The van der Waals surface area contributed by atoms with Crippen LogP contribution in [0.5, 0.6) is 11.5 Å². The first-order chi connectivity index (χ1) is 10.0. The maximum Gasteiger partial charge on any atom is 0.277 e. The largest absolute Gasteiger partial charge is 0.493 e. The van der Waals surface area contributed by atoms with Crippen LogP contribution >= 0.6 is 15.9 Å². The molecule has 0 fully saturated rings. The lowest BCUT2D eigenvalue weighted by molar-refractivity contribution is -0.385. The molecular formula is C13H14BrN3O4. The van der Waals surface area contributed by atoms with E-state index in [2.05, 4.69) is 21.0 Å². The Morgan fingerprint density at radius 3 is 2.71 bits per heavy atom. The van der Waals surface area contributed by atoms with E-state index in [0.29, 0.717) is 22.4 Å². The molecule has 2 aromatic rings. The molecule has 21 heavy (non-hydrogen) atoms. The summed E-state index contributed by atoms with van der Waals surface area (Å²) in [6.07, 6.45) is 3.49. The highest BCUT2D eigenvalue weighted by Crippen LogP contribution is 2.36. The second kappa shape index (κ2) is 6.57. The van der Waals surface area contributed by atoms with E-state index in [0.717, 1.165) is 5.56 Å². The predicted molar refractivity (Wildman–Crippen MR) is 79.8 cm³/mol. The first-order valence-electron chi connectivity index (χ1n) is 6.06. The van der Waals surface area contributed by atoms with Gasteiger partial charge in [0, 0.05) is 29.7 Å². The minimum absolute atomic E-state index is 0.00568. The maximum absolute atomic E-state index is 11.1. The van der Waals surface area contributed by atoms with Gasteiger partial charge in [0.05, 0.1) is 24.3 Å². The molecule has 0 atom stereocenters. The molecule has 0 spiro atoms. The highest BCUT2D eigenvalue weighted by molar-refractivity contribution is 9.08. The van der Waals surface area contributed by atoms with Crippen LogP contribution in [0.15, 0.2) is 24.5 Å². The van der Waals surface area contributed by atoms with Crippen LogP contribution in [0.25, 0.3) is 0 Å². The van der Waals surface area contributed by atoms with Crippen molar-refractivity contribution in [3.05, 3.63) is 45.8 Å². The van der Waals surface area contributed by atoms with Gasteiger partial charge in [-0.1, -0.05) is 15.9 Å². The van der Waals surface area contributed by atoms with Gasteiger partial charge in [-0.2, -0.15) is 5.10 Å². The van der Waals surface area contributed by atoms with E-state index < -0.39 is 4.92 Å². The Kier molecular flexibility index (Phi) is 4.79. The number of ether oxygens (including phenoxy) is 2. The summed E-state index contributed by atoms with van der Waals surface area (Å²) in [5.74, 6) is 0.789. The Labute approximate surface area is 129 Å². The normalized spacial score (nSPS) is 10.4. The highest BCUT2D eigenvalue weighted by atomic mass is 79.9. The topological polar surface area (TPSA) is 79.4 Å². The number of hydrogen-bond acceptors (Lipinski definition) is 5. The van der Waals surface area contributed by atoms with Gasteiger partial charge in [-0.3, -0.25) is 14.8 Å². The number of nitro groups is 1. The number of rotatable bonds is 6. The summed E-state index contributed by atoms with van der Waals surface area (Å²) < 4.78 is 12.5. The first kappa shape index (κ1) is 15.3. The zero-order valence-electron chi connectivity index (χ0n) is 11.6. The molecular weight excluding hydrogens is 342 g/mol. The van der Waals surface area contributed by atoms with Crippen molar-refractivity contribution in [1.82, 2.24) is 9.78 Å². The molecule has 0 unspecified atom stereocenters. The minimum atomic E-state index is -0.438. The standard InChI is InChI=1S/C13H14BrN3O4/c1-16-7-9(6-15-16)8-21-13-4-11(17(18)19)10(5-14)3-12(13)20-2/h3-4,6-7H,5,8H2,1-2H3. The van der Waals surface area contributed by atoms with Gasteiger partial charge in [0.15, 0.2) is 11.5 Å². The summed E-state index contributed by atoms with van der Waals surface area (Å²) in [7, 11) is 3.30. The number of benzene rings is 1. The Balaban J connectivity index is 2.28. The summed E-state index contributed by atoms with van der Waals surface area (Å²) in [5, 5.41) is 15.5. The molecule has 0 saturated heterocycles. The molecule has 0 bridgehead atoms. The van der Waals surface area contributed by atoms with E-state index in [4.69, 9.17) is 9.47 Å². The van der Waals surface area contributed by atoms with E-state index in [1.54, 1.807) is 24.0 Å². The van der Waals surface area contributed by atoms with Gasteiger partial charge >= 0.3 is 0 Å². The fourth-order valence-electron chi connectivity index (χ4n) is 1.85. The first-order valence-corrected chi connectivity index (χ1v) is 7.19. The summed E-state index contributed by atoms with van der Waals surface area (Å²) in [6.45, 7) is 0.259. The van der Waals surface area contributed by atoms with Crippen molar-refractivity contribution >= 4 is 21.6 Å². The molecule has 8 heteroatoms.